The first-order chi connectivity index (χ1) is 3.43. The van der Waals surface area contributed by atoms with E-state index < -0.39 is 0 Å². The normalized spacial score (nSPS) is 31.3. The quantitative estimate of drug-likeness (QED) is 0.377. The first-order valence-electron chi connectivity index (χ1n) is 2.48. The van der Waals surface area contributed by atoms with Gasteiger partial charge in [0.05, 0.1) is 6.61 Å². The number of aliphatic hydroxyl groups is 1. The van der Waals surface area contributed by atoms with E-state index in [1.807, 2.05) is 0 Å². The highest BCUT2D eigenvalue weighted by Crippen LogP contribution is 1.82. The third-order valence-corrected chi connectivity index (χ3v) is 1.13. The monoisotopic (exact) mass is 102 g/mol. The van der Waals surface area contributed by atoms with Gasteiger partial charge in [0, 0.05) is 19.3 Å². The molecule has 0 aliphatic carbocycles. The molecule has 0 amide bonds. The number of nitrogens with one attached hydrogen (secondary N) is 2. The molecule has 1 fully saturated rings. The molecule has 1 heterocycles. The number of hydrogen-bond acceptors (Lipinski definition) is 3. The summed E-state index contributed by atoms with van der Waals surface area (Å²) in [5.74, 6) is 0. The lowest BCUT2D eigenvalue weighted by Gasteiger charge is -2.00. The summed E-state index contributed by atoms with van der Waals surface area (Å²) in [7, 11) is 0. The van der Waals surface area contributed by atoms with E-state index in [2.05, 4.69) is 10.6 Å². The van der Waals surface area contributed by atoms with E-state index in [9.17, 15) is 0 Å². The molecule has 7 heavy (non-hydrogen) atoms. The highest BCUT2D eigenvalue weighted by Gasteiger charge is 2.09. The largest absolute Gasteiger partial charge is 0.395 e. The minimum Gasteiger partial charge on any atom is -0.395 e. The zero-order chi connectivity index (χ0) is 5.11. The SMILES string of the molecule is OCC1CNCN1. The highest BCUT2D eigenvalue weighted by atomic mass is 16.3. The van der Waals surface area contributed by atoms with Gasteiger partial charge in [0.2, 0.25) is 0 Å². The van der Waals surface area contributed by atoms with Crippen molar-refractivity contribution in [3.05, 3.63) is 0 Å². The Balaban J connectivity index is 2.14. The summed E-state index contributed by atoms with van der Waals surface area (Å²) in [6.07, 6.45) is 0. The molecule has 1 aliphatic heterocycles. The minimum atomic E-state index is 0.243. The summed E-state index contributed by atoms with van der Waals surface area (Å²) in [4.78, 5) is 0. The fourth-order valence-corrected chi connectivity index (χ4v) is 0.664. The average Bonchev–Trinajstić information content (AvgIpc) is 2.14. The van der Waals surface area contributed by atoms with Gasteiger partial charge < -0.3 is 10.4 Å². The summed E-state index contributed by atoms with van der Waals surface area (Å²) in [5, 5.41) is 14.6. The smallest absolute Gasteiger partial charge is 0.0597 e. The second-order valence-electron chi connectivity index (χ2n) is 1.71. The topological polar surface area (TPSA) is 44.3 Å². The minimum absolute atomic E-state index is 0.243. The molecule has 42 valence electrons. The maximum Gasteiger partial charge on any atom is 0.0597 e. The fraction of sp³-hybridized carbons (Fsp3) is 1.00. The first-order valence-corrected chi connectivity index (χ1v) is 2.48. The fourth-order valence-electron chi connectivity index (χ4n) is 0.664. The van der Waals surface area contributed by atoms with E-state index in [4.69, 9.17) is 5.11 Å². The van der Waals surface area contributed by atoms with E-state index in [1.165, 1.54) is 0 Å². The molecule has 0 spiro atoms. The second kappa shape index (κ2) is 2.26. The van der Waals surface area contributed by atoms with Gasteiger partial charge in [-0.3, -0.25) is 5.32 Å². The van der Waals surface area contributed by atoms with Crippen molar-refractivity contribution in [2.24, 2.45) is 0 Å². The molecule has 1 atom stereocenters. The second-order valence-corrected chi connectivity index (χ2v) is 1.71. The van der Waals surface area contributed by atoms with Crippen molar-refractivity contribution in [2.45, 2.75) is 6.04 Å². The number of rotatable bonds is 1. The van der Waals surface area contributed by atoms with Gasteiger partial charge in [-0.05, 0) is 0 Å². The van der Waals surface area contributed by atoms with Crippen LogP contribution in [0.1, 0.15) is 0 Å². The van der Waals surface area contributed by atoms with Crippen molar-refractivity contribution in [1.82, 2.24) is 10.6 Å². The van der Waals surface area contributed by atoms with Crippen molar-refractivity contribution in [3.63, 3.8) is 0 Å². The molecule has 0 saturated carbocycles. The molecule has 0 aromatic carbocycles. The predicted octanol–water partition coefficient (Wildman–Crippen LogP) is -1.50. The lowest BCUT2D eigenvalue weighted by atomic mass is 10.3. The molecule has 3 nitrogen and oxygen atoms in total. The molecule has 1 saturated heterocycles. The molecule has 1 rings (SSSR count). The summed E-state index contributed by atoms with van der Waals surface area (Å²) in [5.41, 5.74) is 0. The van der Waals surface area contributed by atoms with Gasteiger partial charge >= 0.3 is 0 Å². The Hall–Kier alpha value is -0.120. The van der Waals surface area contributed by atoms with Gasteiger partial charge in [-0.2, -0.15) is 0 Å². The van der Waals surface area contributed by atoms with Gasteiger partial charge in [0.15, 0.2) is 0 Å². The van der Waals surface area contributed by atoms with Crippen LogP contribution in [0.2, 0.25) is 0 Å². The lowest BCUT2D eigenvalue weighted by molar-refractivity contribution is 0.260. The van der Waals surface area contributed by atoms with E-state index in [1.54, 1.807) is 0 Å². The number of hydrogen-bond donors (Lipinski definition) is 3. The molecular weight excluding hydrogens is 92.1 g/mol. The summed E-state index contributed by atoms with van der Waals surface area (Å²) >= 11 is 0. The zero-order valence-corrected chi connectivity index (χ0v) is 4.15. The molecule has 3 heteroatoms. The van der Waals surface area contributed by atoms with E-state index >= 15 is 0 Å². The highest BCUT2D eigenvalue weighted by molar-refractivity contribution is 4.72. The molecule has 0 radical (unpaired) electrons. The van der Waals surface area contributed by atoms with Crippen LogP contribution in [0.15, 0.2) is 0 Å². The van der Waals surface area contributed by atoms with Gasteiger partial charge in [-0.1, -0.05) is 0 Å². The van der Waals surface area contributed by atoms with Crippen LogP contribution in [0.25, 0.3) is 0 Å². The van der Waals surface area contributed by atoms with Gasteiger partial charge in [-0.25, -0.2) is 0 Å². The molecule has 0 aromatic heterocycles. The van der Waals surface area contributed by atoms with Gasteiger partial charge in [0.25, 0.3) is 0 Å². The van der Waals surface area contributed by atoms with Crippen LogP contribution >= 0.6 is 0 Å². The standard InChI is InChI=1S/C4H10N2O/c7-2-4-1-5-3-6-4/h4-7H,1-3H2. The van der Waals surface area contributed by atoms with Crippen molar-refractivity contribution in [3.8, 4) is 0 Å². The van der Waals surface area contributed by atoms with Crippen LogP contribution in [0.5, 0.6) is 0 Å². The van der Waals surface area contributed by atoms with Crippen molar-refractivity contribution in [2.75, 3.05) is 19.8 Å². The van der Waals surface area contributed by atoms with E-state index in [0.29, 0.717) is 6.04 Å². The van der Waals surface area contributed by atoms with Crippen LogP contribution in [0.4, 0.5) is 0 Å². The first kappa shape index (κ1) is 5.03. The molecular formula is C4H10N2O. The van der Waals surface area contributed by atoms with Crippen molar-refractivity contribution < 1.29 is 5.11 Å². The van der Waals surface area contributed by atoms with Crippen molar-refractivity contribution >= 4 is 0 Å². The Morgan fingerprint density at radius 2 is 2.57 bits per heavy atom. The Kier molecular flexibility index (Phi) is 1.62. The summed E-state index contributed by atoms with van der Waals surface area (Å²) < 4.78 is 0. The third kappa shape index (κ3) is 1.12. The maximum atomic E-state index is 8.46. The predicted molar refractivity (Wildman–Crippen MR) is 26.9 cm³/mol. The molecule has 1 aliphatic rings. The molecule has 0 aromatic rings. The van der Waals surface area contributed by atoms with Gasteiger partial charge in [-0.15, -0.1) is 0 Å². The molecule has 1 unspecified atom stereocenters. The third-order valence-electron chi connectivity index (χ3n) is 1.13. The Morgan fingerprint density at radius 1 is 1.71 bits per heavy atom. The maximum absolute atomic E-state index is 8.46. The van der Waals surface area contributed by atoms with Crippen LogP contribution in [-0.4, -0.2) is 31.0 Å². The van der Waals surface area contributed by atoms with Crippen LogP contribution < -0.4 is 10.6 Å². The van der Waals surface area contributed by atoms with Crippen LogP contribution in [0.3, 0.4) is 0 Å². The Labute approximate surface area is 42.7 Å². The van der Waals surface area contributed by atoms with Crippen molar-refractivity contribution in [1.29, 1.82) is 0 Å². The number of aliphatic hydroxyl groups excluding tert-OH is 1. The molecule has 0 bridgehead atoms. The Bertz CT molecular complexity index is 51.7. The van der Waals surface area contributed by atoms with Crippen LogP contribution in [-0.2, 0) is 0 Å². The van der Waals surface area contributed by atoms with E-state index in [0.717, 1.165) is 13.2 Å². The summed E-state index contributed by atoms with van der Waals surface area (Å²) in [6, 6.07) is 0.292. The Morgan fingerprint density at radius 3 is 2.86 bits per heavy atom. The van der Waals surface area contributed by atoms with Crippen LogP contribution in [0, 0.1) is 0 Å². The lowest BCUT2D eigenvalue weighted by Crippen LogP contribution is -2.27. The average molecular weight is 102 g/mol. The summed E-state index contributed by atoms with van der Waals surface area (Å²) in [6.45, 7) is 1.98. The zero-order valence-electron chi connectivity index (χ0n) is 4.15. The molecule has 3 N–H and O–H groups in total. The van der Waals surface area contributed by atoms with E-state index in [-0.39, 0.29) is 6.61 Å². The van der Waals surface area contributed by atoms with Gasteiger partial charge in [0.1, 0.15) is 0 Å².